The number of imide groups is 1. The lowest BCUT2D eigenvalue weighted by molar-refractivity contribution is -0.148. The number of hydroxylamine groups is 1. The number of aromatic nitrogens is 1. The summed E-state index contributed by atoms with van der Waals surface area (Å²) in [6.45, 7) is 1.58. The van der Waals surface area contributed by atoms with Gasteiger partial charge in [-0.25, -0.2) is 10.5 Å². The number of carbonyl (C=O) groups excluding carboxylic acids is 4. The molecule has 1 atom stereocenters. The second-order valence-electron chi connectivity index (χ2n) is 6.63. The fraction of sp³-hybridized carbons (Fsp3) is 0.562. The van der Waals surface area contributed by atoms with E-state index in [-0.39, 0.29) is 37.1 Å². The fourth-order valence-electron chi connectivity index (χ4n) is 3.21. The largest absolute Gasteiger partial charge is 0.331 e. The Morgan fingerprint density at radius 2 is 2.00 bits per heavy atom. The Morgan fingerprint density at radius 1 is 1.38 bits per heavy atom. The molecule has 0 spiro atoms. The molecule has 1 saturated carbocycles. The minimum atomic E-state index is -1.16. The first-order chi connectivity index (χ1) is 12.3. The number of nitrogens with zero attached hydrogens (tertiary/aromatic N) is 3. The van der Waals surface area contributed by atoms with Gasteiger partial charge in [0.2, 0.25) is 17.7 Å². The van der Waals surface area contributed by atoms with Gasteiger partial charge in [-0.2, -0.15) is 0 Å². The Morgan fingerprint density at radius 3 is 2.46 bits per heavy atom. The zero-order valence-electron chi connectivity index (χ0n) is 14.5. The van der Waals surface area contributed by atoms with Crippen molar-refractivity contribution in [2.45, 2.75) is 44.1 Å². The molecule has 1 saturated heterocycles. The highest BCUT2D eigenvalue weighted by molar-refractivity contribution is 7.11. The van der Waals surface area contributed by atoms with Gasteiger partial charge in [-0.05, 0) is 19.8 Å². The molecule has 4 amide bonds. The third kappa shape index (κ3) is 3.10. The highest BCUT2D eigenvalue weighted by atomic mass is 32.1. The van der Waals surface area contributed by atoms with Crippen molar-refractivity contribution in [1.82, 2.24) is 20.3 Å². The molecule has 26 heavy (non-hydrogen) atoms. The number of nitrogens with one attached hydrogen (secondary N) is 1. The lowest BCUT2D eigenvalue weighted by Crippen LogP contribution is -2.55. The minimum Gasteiger partial charge on any atom is -0.331 e. The molecule has 10 heteroatoms. The number of carbonyl (C=O) groups is 4. The Balaban J connectivity index is 1.82. The van der Waals surface area contributed by atoms with Gasteiger partial charge in [0.05, 0.1) is 17.0 Å². The Labute approximate surface area is 153 Å². The number of aryl methyl sites for hydroxylation is 1. The molecule has 3 rings (SSSR count). The van der Waals surface area contributed by atoms with Crippen LogP contribution in [0.1, 0.15) is 35.6 Å². The molecule has 140 valence electrons. The highest BCUT2D eigenvalue weighted by Crippen LogP contribution is 2.51. The normalized spacial score (nSPS) is 19.4. The van der Waals surface area contributed by atoms with E-state index >= 15 is 0 Å². The molecule has 2 N–H and O–H groups in total. The van der Waals surface area contributed by atoms with E-state index in [1.165, 1.54) is 28.8 Å². The molecular formula is C16H20N4O5S. The van der Waals surface area contributed by atoms with E-state index in [9.17, 15) is 19.2 Å². The van der Waals surface area contributed by atoms with Crippen LogP contribution >= 0.6 is 11.3 Å². The standard InChI is InChI=1S/C16H20N4O5S/c1-9-17-7-11(26-9)16(5-6-16)15(24)19(2)10(14(23)18-25)8-20-12(21)3-4-13(20)22/h7,10,25H,3-6,8H2,1-2H3,(H,18,23)/t10-/m1/s1. The maximum absolute atomic E-state index is 13.1. The van der Waals surface area contributed by atoms with E-state index < -0.39 is 17.4 Å². The molecule has 0 bridgehead atoms. The second-order valence-corrected chi connectivity index (χ2v) is 7.87. The molecular weight excluding hydrogens is 360 g/mol. The van der Waals surface area contributed by atoms with Crippen LogP contribution in [0.15, 0.2) is 6.20 Å². The number of amides is 4. The average Bonchev–Trinajstić information content (AvgIpc) is 3.23. The van der Waals surface area contributed by atoms with Crippen molar-refractivity contribution < 1.29 is 24.4 Å². The predicted octanol–water partition coefficient (Wildman–Crippen LogP) is -0.0355. The van der Waals surface area contributed by atoms with E-state index in [0.717, 1.165) is 14.8 Å². The van der Waals surface area contributed by atoms with E-state index in [4.69, 9.17) is 5.21 Å². The van der Waals surface area contributed by atoms with Crippen molar-refractivity contribution in [3.05, 3.63) is 16.1 Å². The van der Waals surface area contributed by atoms with Gasteiger partial charge in [0.25, 0.3) is 5.91 Å². The van der Waals surface area contributed by atoms with Gasteiger partial charge in [-0.15, -0.1) is 11.3 Å². The van der Waals surface area contributed by atoms with Gasteiger partial charge in [0.15, 0.2) is 0 Å². The summed E-state index contributed by atoms with van der Waals surface area (Å²) in [5.74, 6) is -1.89. The Kier molecular flexibility index (Phi) is 4.80. The number of thiazole rings is 1. The van der Waals surface area contributed by atoms with Crippen molar-refractivity contribution in [1.29, 1.82) is 0 Å². The molecule has 0 unspecified atom stereocenters. The molecule has 1 aromatic rings. The van der Waals surface area contributed by atoms with E-state index in [1.807, 2.05) is 6.92 Å². The smallest absolute Gasteiger partial charge is 0.267 e. The van der Waals surface area contributed by atoms with Crippen LogP contribution in [0.3, 0.4) is 0 Å². The summed E-state index contributed by atoms with van der Waals surface area (Å²) in [6.07, 6.45) is 3.15. The molecule has 1 aliphatic heterocycles. The predicted molar refractivity (Wildman–Crippen MR) is 90.2 cm³/mol. The van der Waals surface area contributed by atoms with Crippen LogP contribution in [0.4, 0.5) is 0 Å². The SMILES string of the molecule is Cc1ncc(C2(C(=O)N(C)[C@H](CN3C(=O)CCC3=O)C(=O)NO)CC2)s1. The number of likely N-dealkylation sites (tertiary alicyclic amines) is 1. The summed E-state index contributed by atoms with van der Waals surface area (Å²) in [4.78, 5) is 56.2. The van der Waals surface area contributed by atoms with Crippen LogP contribution in [-0.4, -0.2) is 63.3 Å². The molecule has 9 nitrogen and oxygen atoms in total. The lowest BCUT2D eigenvalue weighted by Gasteiger charge is -2.31. The van der Waals surface area contributed by atoms with Gasteiger partial charge >= 0.3 is 0 Å². The fourth-order valence-corrected chi connectivity index (χ4v) is 4.22. The average molecular weight is 380 g/mol. The van der Waals surface area contributed by atoms with Crippen molar-refractivity contribution in [3.8, 4) is 0 Å². The maximum atomic E-state index is 13.1. The number of hydrogen-bond acceptors (Lipinski definition) is 7. The molecule has 2 heterocycles. The Bertz CT molecular complexity index is 756. The van der Waals surface area contributed by atoms with Crippen LogP contribution in [0.25, 0.3) is 0 Å². The van der Waals surface area contributed by atoms with Crippen LogP contribution in [-0.2, 0) is 24.6 Å². The summed E-state index contributed by atoms with van der Waals surface area (Å²) in [7, 11) is 1.45. The van der Waals surface area contributed by atoms with Crippen LogP contribution in [0.5, 0.6) is 0 Å². The first-order valence-electron chi connectivity index (χ1n) is 8.27. The molecule has 1 aromatic heterocycles. The van der Waals surface area contributed by atoms with Gasteiger partial charge in [0, 0.05) is 31.0 Å². The molecule has 0 radical (unpaired) electrons. The van der Waals surface area contributed by atoms with Crippen molar-refractivity contribution in [3.63, 3.8) is 0 Å². The summed E-state index contributed by atoms with van der Waals surface area (Å²) >= 11 is 1.44. The highest BCUT2D eigenvalue weighted by Gasteiger charge is 2.55. The van der Waals surface area contributed by atoms with E-state index in [1.54, 1.807) is 6.20 Å². The third-order valence-electron chi connectivity index (χ3n) is 4.96. The van der Waals surface area contributed by atoms with E-state index in [0.29, 0.717) is 12.8 Å². The van der Waals surface area contributed by atoms with Crippen LogP contribution in [0, 0.1) is 6.92 Å². The summed E-state index contributed by atoms with van der Waals surface area (Å²) < 4.78 is 0. The zero-order valence-corrected chi connectivity index (χ0v) is 15.3. The third-order valence-corrected chi connectivity index (χ3v) is 6.08. The summed E-state index contributed by atoms with van der Waals surface area (Å²) in [5, 5.41) is 9.89. The molecule has 2 fully saturated rings. The van der Waals surface area contributed by atoms with Gasteiger partial charge < -0.3 is 4.90 Å². The first kappa shape index (κ1) is 18.5. The van der Waals surface area contributed by atoms with Gasteiger partial charge in [-0.1, -0.05) is 0 Å². The maximum Gasteiger partial charge on any atom is 0.267 e. The van der Waals surface area contributed by atoms with Crippen molar-refractivity contribution >= 4 is 35.0 Å². The molecule has 1 aliphatic carbocycles. The topological polar surface area (TPSA) is 120 Å². The zero-order chi connectivity index (χ0) is 19.1. The van der Waals surface area contributed by atoms with E-state index in [2.05, 4.69) is 4.98 Å². The number of rotatable bonds is 6. The molecule has 0 aromatic carbocycles. The second kappa shape index (κ2) is 6.76. The van der Waals surface area contributed by atoms with Gasteiger partial charge in [-0.3, -0.25) is 29.3 Å². The van der Waals surface area contributed by atoms with Crippen LogP contribution in [0.2, 0.25) is 0 Å². The lowest BCUT2D eigenvalue weighted by atomic mass is 10.0. The Hall–Kier alpha value is -2.33. The molecule has 2 aliphatic rings. The summed E-state index contributed by atoms with van der Waals surface area (Å²) in [5.41, 5.74) is 0.814. The minimum absolute atomic E-state index is 0.0913. The summed E-state index contributed by atoms with van der Waals surface area (Å²) in [6, 6.07) is -1.16. The van der Waals surface area contributed by atoms with Crippen molar-refractivity contribution in [2.75, 3.05) is 13.6 Å². The monoisotopic (exact) mass is 380 g/mol. The van der Waals surface area contributed by atoms with Gasteiger partial charge in [0.1, 0.15) is 6.04 Å². The van der Waals surface area contributed by atoms with Crippen LogP contribution < -0.4 is 5.48 Å². The van der Waals surface area contributed by atoms with Crippen molar-refractivity contribution in [2.24, 2.45) is 0 Å². The number of hydrogen-bond donors (Lipinski definition) is 2. The number of likely N-dealkylation sites (N-methyl/N-ethyl adjacent to an activating group) is 1. The quantitative estimate of drug-likeness (QED) is 0.406. The first-order valence-corrected chi connectivity index (χ1v) is 9.09.